The summed E-state index contributed by atoms with van der Waals surface area (Å²) in [6.45, 7) is 5.25. The van der Waals surface area contributed by atoms with Gasteiger partial charge >= 0.3 is 6.09 Å². The maximum atomic E-state index is 14.0. The number of aryl methyl sites for hydroxylation is 2. The topological polar surface area (TPSA) is 104 Å². The maximum absolute atomic E-state index is 14.0. The number of nitrogens with two attached hydrogens (primary N) is 1. The molecule has 0 spiro atoms. The molecule has 1 saturated heterocycles. The molecule has 0 bridgehead atoms. The third-order valence-corrected chi connectivity index (χ3v) is 9.62. The highest BCUT2D eigenvalue weighted by Crippen LogP contribution is 2.34. The number of carbonyl (C=O) groups is 2. The van der Waals surface area contributed by atoms with Gasteiger partial charge in [0, 0.05) is 45.9 Å². The fourth-order valence-electron chi connectivity index (χ4n) is 6.30. The van der Waals surface area contributed by atoms with Crippen molar-refractivity contribution in [3.05, 3.63) is 86.9 Å². The summed E-state index contributed by atoms with van der Waals surface area (Å²) in [6, 6.07) is 17.4. The monoisotopic (exact) mass is 725 g/mol. The van der Waals surface area contributed by atoms with Crippen molar-refractivity contribution in [3.63, 3.8) is 0 Å². The van der Waals surface area contributed by atoms with E-state index in [1.54, 1.807) is 24.1 Å². The van der Waals surface area contributed by atoms with Gasteiger partial charge in [-0.3, -0.25) is 4.79 Å². The van der Waals surface area contributed by atoms with Gasteiger partial charge in [-0.25, -0.2) is 4.79 Å². The first kappa shape index (κ1) is 37.7. The van der Waals surface area contributed by atoms with Gasteiger partial charge in [0.25, 0.3) is 0 Å². The number of likely N-dealkylation sites (tertiary alicyclic amines) is 1. The number of piperidine rings is 1. The molecule has 2 amide bonds. The molecule has 1 heterocycles. The molecular weight excluding hydrogens is 677 g/mol. The standard InChI is InChI=1S/C39H49Cl2N3O6/c1-27-19-35(40)37(36(41)20-27)49-18-17-48-33-12-8-28(9-13-33)22-31(25-42)38(45)44(32-10-11-32)26-30-21-29(7-6-16-47-2)23-34(24-30)50-39(46)43-14-4-3-5-15-43/h8-9,12-13,19-21,23-24,31-32H,3-7,10-11,14-18,22,25-26,42H2,1-2H3. The van der Waals surface area contributed by atoms with E-state index in [4.69, 9.17) is 47.9 Å². The summed E-state index contributed by atoms with van der Waals surface area (Å²) >= 11 is 12.5. The van der Waals surface area contributed by atoms with Gasteiger partial charge in [0.2, 0.25) is 5.91 Å². The lowest BCUT2D eigenvalue weighted by Gasteiger charge is -2.28. The van der Waals surface area contributed by atoms with Crippen LogP contribution in [0.5, 0.6) is 17.2 Å². The van der Waals surface area contributed by atoms with E-state index in [1.807, 2.05) is 48.2 Å². The average Bonchev–Trinajstić information content (AvgIpc) is 3.95. The van der Waals surface area contributed by atoms with Crippen LogP contribution in [-0.2, 0) is 28.9 Å². The first-order valence-electron chi connectivity index (χ1n) is 17.6. The maximum Gasteiger partial charge on any atom is 0.415 e. The Kier molecular flexibility index (Phi) is 14.1. The van der Waals surface area contributed by atoms with Crippen LogP contribution < -0.4 is 19.9 Å². The van der Waals surface area contributed by atoms with Crippen molar-refractivity contribution in [2.45, 2.75) is 70.9 Å². The minimum absolute atomic E-state index is 0.0394. The minimum Gasteiger partial charge on any atom is -0.490 e. The number of carbonyl (C=O) groups excluding carboxylic acids is 2. The van der Waals surface area contributed by atoms with Gasteiger partial charge in [-0.2, -0.15) is 0 Å². The molecule has 3 aromatic rings. The molecular formula is C39H49Cl2N3O6. The number of nitrogens with zero attached hydrogens (tertiary/aromatic N) is 2. The van der Waals surface area contributed by atoms with Crippen molar-refractivity contribution in [3.8, 4) is 17.2 Å². The number of hydrogen-bond donors (Lipinski definition) is 1. The van der Waals surface area contributed by atoms with Crippen molar-refractivity contribution in [2.75, 3.05) is 46.6 Å². The van der Waals surface area contributed by atoms with Gasteiger partial charge in [0.15, 0.2) is 5.75 Å². The van der Waals surface area contributed by atoms with Crippen molar-refractivity contribution < 1.29 is 28.5 Å². The van der Waals surface area contributed by atoms with Crippen LogP contribution in [0.25, 0.3) is 0 Å². The van der Waals surface area contributed by atoms with Crippen LogP contribution in [0, 0.1) is 12.8 Å². The number of rotatable bonds is 17. The second-order valence-electron chi connectivity index (χ2n) is 13.2. The summed E-state index contributed by atoms with van der Waals surface area (Å²) in [6.07, 6.45) is 6.87. The molecule has 9 nitrogen and oxygen atoms in total. The van der Waals surface area contributed by atoms with E-state index in [0.717, 1.165) is 67.2 Å². The molecule has 2 aliphatic rings. The molecule has 270 valence electrons. The lowest BCUT2D eigenvalue weighted by Crippen LogP contribution is -2.41. The molecule has 0 radical (unpaired) electrons. The van der Waals surface area contributed by atoms with E-state index >= 15 is 0 Å². The van der Waals surface area contributed by atoms with Crippen LogP contribution in [0.2, 0.25) is 10.0 Å². The highest BCUT2D eigenvalue weighted by Gasteiger charge is 2.35. The molecule has 1 aliphatic heterocycles. The van der Waals surface area contributed by atoms with Crippen LogP contribution in [0.1, 0.15) is 60.8 Å². The summed E-state index contributed by atoms with van der Waals surface area (Å²) in [4.78, 5) is 30.7. The molecule has 1 unspecified atom stereocenters. The van der Waals surface area contributed by atoms with Crippen LogP contribution in [0.3, 0.4) is 0 Å². The predicted octanol–water partition coefficient (Wildman–Crippen LogP) is 7.63. The summed E-state index contributed by atoms with van der Waals surface area (Å²) in [5.74, 6) is 1.32. The predicted molar refractivity (Wildman–Crippen MR) is 197 cm³/mol. The summed E-state index contributed by atoms with van der Waals surface area (Å²) in [7, 11) is 1.69. The number of ether oxygens (including phenoxy) is 4. The fourth-order valence-corrected chi connectivity index (χ4v) is 7.00. The largest absolute Gasteiger partial charge is 0.490 e. The minimum atomic E-state index is -0.374. The molecule has 1 saturated carbocycles. The molecule has 2 fully saturated rings. The first-order valence-corrected chi connectivity index (χ1v) is 18.4. The van der Waals surface area contributed by atoms with Gasteiger partial charge in [-0.05, 0) is 117 Å². The number of methoxy groups -OCH3 is 1. The fraction of sp³-hybridized carbons (Fsp3) is 0.487. The second kappa shape index (κ2) is 18.7. The van der Waals surface area contributed by atoms with Gasteiger partial charge in [0.1, 0.15) is 24.7 Å². The zero-order valence-electron chi connectivity index (χ0n) is 29.1. The molecule has 2 N–H and O–H groups in total. The number of hydrogen-bond acceptors (Lipinski definition) is 7. The van der Waals surface area contributed by atoms with E-state index in [1.165, 1.54) is 0 Å². The second-order valence-corrected chi connectivity index (χ2v) is 14.0. The third-order valence-electron chi connectivity index (χ3n) is 9.06. The van der Waals surface area contributed by atoms with Crippen molar-refractivity contribution in [2.24, 2.45) is 11.7 Å². The van der Waals surface area contributed by atoms with Gasteiger partial charge in [-0.1, -0.05) is 41.4 Å². The Hall–Kier alpha value is -3.50. The van der Waals surface area contributed by atoms with E-state index in [9.17, 15) is 9.59 Å². The van der Waals surface area contributed by atoms with Crippen LogP contribution in [-0.4, -0.2) is 74.4 Å². The van der Waals surface area contributed by atoms with Crippen LogP contribution in [0.15, 0.2) is 54.6 Å². The van der Waals surface area contributed by atoms with Crippen molar-refractivity contribution >= 4 is 35.2 Å². The Morgan fingerprint density at radius 1 is 0.880 bits per heavy atom. The Balaban J connectivity index is 1.19. The zero-order chi connectivity index (χ0) is 35.5. The van der Waals surface area contributed by atoms with Crippen molar-refractivity contribution in [1.29, 1.82) is 0 Å². The smallest absolute Gasteiger partial charge is 0.415 e. The molecule has 0 aromatic heterocycles. The summed E-state index contributed by atoms with van der Waals surface area (Å²) in [5.41, 5.74) is 10.2. The molecule has 1 aliphatic carbocycles. The highest BCUT2D eigenvalue weighted by atomic mass is 35.5. The quantitative estimate of drug-likeness (QED) is 0.143. The molecule has 5 rings (SSSR count). The van der Waals surface area contributed by atoms with E-state index in [0.29, 0.717) is 66.6 Å². The highest BCUT2D eigenvalue weighted by molar-refractivity contribution is 6.37. The molecule has 3 aromatic carbocycles. The number of amides is 2. The van der Waals surface area contributed by atoms with E-state index < -0.39 is 0 Å². The summed E-state index contributed by atoms with van der Waals surface area (Å²) < 4.78 is 22.8. The van der Waals surface area contributed by atoms with Crippen molar-refractivity contribution in [1.82, 2.24) is 9.80 Å². The lowest BCUT2D eigenvalue weighted by molar-refractivity contribution is -0.136. The van der Waals surface area contributed by atoms with Gasteiger partial charge in [0.05, 0.1) is 16.0 Å². The molecule has 11 heteroatoms. The zero-order valence-corrected chi connectivity index (χ0v) is 30.6. The average molecular weight is 727 g/mol. The molecule has 50 heavy (non-hydrogen) atoms. The van der Waals surface area contributed by atoms with Crippen LogP contribution in [0.4, 0.5) is 4.79 Å². The van der Waals surface area contributed by atoms with E-state index in [2.05, 4.69) is 6.07 Å². The first-order chi connectivity index (χ1) is 24.2. The molecule has 1 atom stereocenters. The van der Waals surface area contributed by atoms with Gasteiger partial charge < -0.3 is 34.5 Å². The Morgan fingerprint density at radius 3 is 2.22 bits per heavy atom. The SMILES string of the molecule is COCCCc1cc(CN(C(=O)C(CN)Cc2ccc(OCCOc3c(Cl)cc(C)cc3Cl)cc2)C2CC2)cc(OC(=O)N2CCCCC2)c1. The third kappa shape index (κ3) is 11.0. The lowest BCUT2D eigenvalue weighted by atomic mass is 9.97. The Labute approximate surface area is 305 Å². The van der Waals surface area contributed by atoms with Gasteiger partial charge in [-0.15, -0.1) is 0 Å². The van der Waals surface area contributed by atoms with Crippen LogP contribution >= 0.6 is 23.2 Å². The summed E-state index contributed by atoms with van der Waals surface area (Å²) in [5, 5.41) is 0.933. The van der Waals surface area contributed by atoms with E-state index in [-0.39, 0.29) is 37.1 Å². The number of halogens is 2. The Bertz CT molecular complexity index is 1550. The normalized spacial score (nSPS) is 15.0. The Morgan fingerprint density at radius 2 is 1.56 bits per heavy atom. The number of benzene rings is 3.